The number of halogens is 2. The number of nitrogens with one attached hydrogen (secondary N) is 1. The summed E-state index contributed by atoms with van der Waals surface area (Å²) in [6, 6.07) is 10.6. The number of methoxy groups -OCH3 is 1. The van der Waals surface area contributed by atoms with Crippen molar-refractivity contribution in [2.24, 2.45) is 0 Å². The highest BCUT2D eigenvalue weighted by Gasteiger charge is 2.32. The Morgan fingerprint density at radius 3 is 2.31 bits per heavy atom. The molecule has 0 radical (unpaired) electrons. The summed E-state index contributed by atoms with van der Waals surface area (Å²) in [5.74, 6) is -0.241. The third kappa shape index (κ3) is 8.01. The third-order valence-corrected chi connectivity index (χ3v) is 7.62. The number of rotatable bonds is 12. The maximum atomic E-state index is 13.7. The van der Waals surface area contributed by atoms with Crippen molar-refractivity contribution in [1.82, 2.24) is 10.2 Å². The van der Waals surface area contributed by atoms with Crippen LogP contribution in [0.3, 0.4) is 0 Å². The monoisotopic (exact) mass is 557 g/mol. The van der Waals surface area contributed by atoms with E-state index in [4.69, 9.17) is 27.9 Å². The van der Waals surface area contributed by atoms with Crippen LogP contribution in [-0.4, -0.2) is 57.1 Å². The first kappa shape index (κ1) is 29.7. The van der Waals surface area contributed by atoms with Crippen molar-refractivity contribution in [2.45, 2.75) is 52.2 Å². The third-order valence-electron chi connectivity index (χ3n) is 5.74. The van der Waals surface area contributed by atoms with Crippen LogP contribution in [0, 0.1) is 0 Å². The summed E-state index contributed by atoms with van der Waals surface area (Å²) in [6.45, 7) is 5.20. The number of benzene rings is 2. The Labute approximate surface area is 223 Å². The average Bonchev–Trinajstić information content (AvgIpc) is 2.83. The smallest absolute Gasteiger partial charge is 0.244 e. The lowest BCUT2D eigenvalue weighted by Crippen LogP contribution is -2.53. The summed E-state index contributed by atoms with van der Waals surface area (Å²) in [6.07, 6.45) is 2.07. The molecule has 2 amide bonds. The topological polar surface area (TPSA) is 96.0 Å². The van der Waals surface area contributed by atoms with Crippen LogP contribution in [0.4, 0.5) is 5.69 Å². The fraction of sp³-hybridized carbons (Fsp3) is 0.440. The largest absolute Gasteiger partial charge is 0.497 e. The predicted octanol–water partition coefficient (Wildman–Crippen LogP) is 4.49. The minimum Gasteiger partial charge on any atom is -0.497 e. The summed E-state index contributed by atoms with van der Waals surface area (Å²) in [7, 11) is -2.33. The zero-order valence-electron chi connectivity index (χ0n) is 21.1. The molecule has 0 spiro atoms. The van der Waals surface area contributed by atoms with E-state index in [-0.39, 0.29) is 34.2 Å². The molecule has 11 heteroatoms. The molecule has 2 atom stereocenters. The van der Waals surface area contributed by atoms with Gasteiger partial charge in [0.1, 0.15) is 18.3 Å². The van der Waals surface area contributed by atoms with Gasteiger partial charge in [0.05, 0.1) is 29.1 Å². The standard InChI is InChI=1S/C25H33Cl2N3O5S/c1-6-17(3)28-25(32)23(7-2)29(15-18-9-8-10-20(13-18)35-4)24(31)16-30(36(5,33)34)19-11-12-21(26)22(27)14-19/h8-14,17,23H,6-7,15-16H2,1-5H3,(H,28,32)/t17-,23+/m1/s1. The Morgan fingerprint density at radius 1 is 1.06 bits per heavy atom. The summed E-state index contributed by atoms with van der Waals surface area (Å²) in [5.41, 5.74) is 0.927. The number of carbonyl (C=O) groups is 2. The summed E-state index contributed by atoms with van der Waals surface area (Å²) in [4.78, 5) is 28.2. The van der Waals surface area contributed by atoms with Crippen LogP contribution in [0.2, 0.25) is 10.0 Å². The van der Waals surface area contributed by atoms with Crippen LogP contribution in [0.5, 0.6) is 5.75 Å². The van der Waals surface area contributed by atoms with Crippen molar-refractivity contribution in [3.63, 3.8) is 0 Å². The number of ether oxygens (including phenoxy) is 1. The normalized spacial score (nSPS) is 13.0. The highest BCUT2D eigenvalue weighted by molar-refractivity contribution is 7.92. The average molecular weight is 559 g/mol. The molecule has 0 aliphatic carbocycles. The molecule has 0 aliphatic heterocycles. The van der Waals surface area contributed by atoms with Gasteiger partial charge in [-0.15, -0.1) is 0 Å². The first-order valence-corrected chi connectivity index (χ1v) is 14.2. The van der Waals surface area contributed by atoms with Crippen LogP contribution in [0.25, 0.3) is 0 Å². The van der Waals surface area contributed by atoms with E-state index in [1.807, 2.05) is 19.9 Å². The number of hydrogen-bond acceptors (Lipinski definition) is 5. The van der Waals surface area contributed by atoms with Crippen LogP contribution in [-0.2, 0) is 26.2 Å². The summed E-state index contributed by atoms with van der Waals surface area (Å²) >= 11 is 12.1. The molecule has 36 heavy (non-hydrogen) atoms. The molecule has 0 heterocycles. The second-order valence-corrected chi connectivity index (χ2v) is 11.2. The van der Waals surface area contributed by atoms with Crippen molar-refractivity contribution in [3.8, 4) is 5.75 Å². The van der Waals surface area contributed by atoms with Gasteiger partial charge < -0.3 is 15.0 Å². The zero-order chi connectivity index (χ0) is 27.0. The molecule has 0 aliphatic rings. The van der Waals surface area contributed by atoms with Gasteiger partial charge in [0.25, 0.3) is 0 Å². The van der Waals surface area contributed by atoms with Crippen LogP contribution < -0.4 is 14.4 Å². The van der Waals surface area contributed by atoms with Crippen molar-refractivity contribution < 1.29 is 22.7 Å². The highest BCUT2D eigenvalue weighted by Crippen LogP contribution is 2.29. The van der Waals surface area contributed by atoms with Crippen LogP contribution in [0.1, 0.15) is 39.2 Å². The second kappa shape index (κ2) is 13.2. The number of hydrogen-bond donors (Lipinski definition) is 1. The van der Waals surface area contributed by atoms with Crippen molar-refractivity contribution in [3.05, 3.63) is 58.1 Å². The van der Waals surface area contributed by atoms with Crippen molar-refractivity contribution >= 4 is 50.7 Å². The lowest BCUT2D eigenvalue weighted by atomic mass is 10.1. The number of anilines is 1. The van der Waals surface area contributed by atoms with Crippen LogP contribution >= 0.6 is 23.2 Å². The van der Waals surface area contributed by atoms with Crippen molar-refractivity contribution in [2.75, 3.05) is 24.2 Å². The van der Waals surface area contributed by atoms with Gasteiger partial charge in [-0.2, -0.15) is 0 Å². The zero-order valence-corrected chi connectivity index (χ0v) is 23.5. The molecule has 0 bridgehead atoms. The van der Waals surface area contributed by atoms with E-state index in [0.29, 0.717) is 12.2 Å². The number of carbonyl (C=O) groups excluding carboxylic acids is 2. The van der Waals surface area contributed by atoms with Gasteiger partial charge in [-0.3, -0.25) is 13.9 Å². The van der Waals surface area contributed by atoms with E-state index < -0.39 is 28.5 Å². The molecule has 0 saturated carbocycles. The maximum absolute atomic E-state index is 13.7. The van der Waals surface area contributed by atoms with Gasteiger partial charge in [-0.05, 0) is 55.7 Å². The predicted molar refractivity (Wildman–Crippen MR) is 144 cm³/mol. The van der Waals surface area contributed by atoms with Gasteiger partial charge in [-0.25, -0.2) is 8.42 Å². The molecule has 2 aromatic rings. The maximum Gasteiger partial charge on any atom is 0.244 e. The van der Waals surface area contributed by atoms with E-state index in [1.165, 1.54) is 30.2 Å². The SMILES string of the molecule is CC[C@@H](C)NC(=O)[C@H](CC)N(Cc1cccc(OC)c1)C(=O)CN(c1ccc(Cl)c(Cl)c1)S(C)(=O)=O. The van der Waals surface area contributed by atoms with Gasteiger partial charge in [0.2, 0.25) is 21.8 Å². The molecule has 0 saturated heterocycles. The molecule has 0 fully saturated rings. The quantitative estimate of drug-likeness (QED) is 0.414. The molecule has 8 nitrogen and oxygen atoms in total. The number of sulfonamides is 1. The number of amides is 2. The fourth-order valence-electron chi connectivity index (χ4n) is 3.58. The molecule has 2 aromatic carbocycles. The van der Waals surface area contributed by atoms with E-state index in [1.54, 1.807) is 25.1 Å². The van der Waals surface area contributed by atoms with E-state index in [9.17, 15) is 18.0 Å². The Morgan fingerprint density at radius 2 is 1.75 bits per heavy atom. The van der Waals surface area contributed by atoms with E-state index in [2.05, 4.69) is 5.32 Å². The minimum absolute atomic E-state index is 0.0796. The Kier molecular flexibility index (Phi) is 10.9. The second-order valence-electron chi connectivity index (χ2n) is 8.48. The minimum atomic E-state index is -3.87. The molecule has 0 aromatic heterocycles. The van der Waals surface area contributed by atoms with E-state index >= 15 is 0 Å². The Balaban J connectivity index is 2.47. The Bertz CT molecular complexity index is 1180. The Hall–Kier alpha value is -2.49. The lowest BCUT2D eigenvalue weighted by Gasteiger charge is -2.33. The first-order chi connectivity index (χ1) is 16.9. The van der Waals surface area contributed by atoms with Gasteiger partial charge in [-0.1, -0.05) is 49.2 Å². The summed E-state index contributed by atoms with van der Waals surface area (Å²) < 4.78 is 31.6. The molecular weight excluding hydrogens is 525 g/mol. The van der Waals surface area contributed by atoms with Gasteiger partial charge in [0, 0.05) is 12.6 Å². The lowest BCUT2D eigenvalue weighted by molar-refractivity contribution is -0.140. The van der Waals surface area contributed by atoms with Gasteiger partial charge >= 0.3 is 0 Å². The molecule has 198 valence electrons. The van der Waals surface area contributed by atoms with E-state index in [0.717, 1.165) is 22.5 Å². The van der Waals surface area contributed by atoms with Crippen molar-refractivity contribution in [1.29, 1.82) is 0 Å². The fourth-order valence-corrected chi connectivity index (χ4v) is 4.72. The molecular formula is C25H33Cl2N3O5S. The van der Waals surface area contributed by atoms with Gasteiger partial charge in [0.15, 0.2) is 0 Å². The first-order valence-electron chi connectivity index (χ1n) is 11.6. The highest BCUT2D eigenvalue weighted by atomic mass is 35.5. The summed E-state index contributed by atoms with van der Waals surface area (Å²) in [5, 5.41) is 3.34. The number of nitrogens with zero attached hydrogens (tertiary/aromatic N) is 2. The van der Waals surface area contributed by atoms with Crippen LogP contribution in [0.15, 0.2) is 42.5 Å². The molecule has 0 unspecified atom stereocenters. The molecule has 2 rings (SSSR count). The molecule has 1 N–H and O–H groups in total.